The molecule has 3 rings (SSSR count). The number of likely N-dealkylation sites (N-methyl/N-ethyl adjacent to an activating group) is 1. The van der Waals surface area contributed by atoms with Gasteiger partial charge >= 0.3 is 0 Å². The van der Waals surface area contributed by atoms with Crippen molar-refractivity contribution in [3.05, 3.63) is 34.0 Å². The lowest BCUT2D eigenvalue weighted by atomic mass is 9.87. The number of thiophene rings is 1. The topological polar surface area (TPSA) is 43.9 Å². The molecule has 1 aromatic rings. The number of hydrogen-bond donors (Lipinski definition) is 0. The number of nitrogens with zero attached hydrogens (tertiary/aromatic N) is 3. The van der Waals surface area contributed by atoms with Gasteiger partial charge in [0.1, 0.15) is 0 Å². The Kier molecular flexibility index (Phi) is 4.55. The first-order valence-electron chi connectivity index (χ1n) is 7.95. The van der Waals surface area contributed by atoms with Gasteiger partial charge in [-0.3, -0.25) is 9.59 Å². The average Bonchev–Trinajstić information content (AvgIpc) is 2.93. The molecule has 6 heteroatoms. The fourth-order valence-electron chi connectivity index (χ4n) is 3.27. The van der Waals surface area contributed by atoms with E-state index in [1.54, 1.807) is 17.4 Å². The minimum atomic E-state index is 0.0561. The number of piperazine rings is 1. The number of carbonyl (C=O) groups is 2. The average molecular weight is 333 g/mol. The summed E-state index contributed by atoms with van der Waals surface area (Å²) in [4.78, 5) is 32.6. The maximum Gasteiger partial charge on any atom is 0.264 e. The second-order valence-electron chi connectivity index (χ2n) is 6.57. The summed E-state index contributed by atoms with van der Waals surface area (Å²) in [6.07, 6.45) is 4.56. The van der Waals surface area contributed by atoms with Crippen molar-refractivity contribution < 1.29 is 9.59 Å². The number of aryl methyl sites for hydroxylation is 1. The third-order valence-corrected chi connectivity index (χ3v) is 5.41. The Bertz CT molecular complexity index is 626. The monoisotopic (exact) mass is 333 g/mol. The van der Waals surface area contributed by atoms with E-state index in [9.17, 15) is 9.59 Å². The number of carbonyl (C=O) groups excluding carboxylic acids is 2. The van der Waals surface area contributed by atoms with Crippen LogP contribution in [0.3, 0.4) is 0 Å². The van der Waals surface area contributed by atoms with Crippen LogP contribution in [0.25, 0.3) is 0 Å². The predicted molar refractivity (Wildman–Crippen MR) is 91.7 cm³/mol. The Morgan fingerprint density at radius 2 is 2.00 bits per heavy atom. The highest BCUT2D eigenvalue weighted by Crippen LogP contribution is 2.34. The molecule has 124 valence electrons. The smallest absolute Gasteiger partial charge is 0.264 e. The Morgan fingerprint density at radius 3 is 2.57 bits per heavy atom. The minimum Gasteiger partial charge on any atom is -0.335 e. The van der Waals surface area contributed by atoms with Crippen molar-refractivity contribution in [1.29, 1.82) is 0 Å². The van der Waals surface area contributed by atoms with Crippen LogP contribution in [0.1, 0.15) is 21.0 Å². The molecule has 23 heavy (non-hydrogen) atoms. The molecule has 0 radical (unpaired) electrons. The van der Waals surface area contributed by atoms with E-state index in [-0.39, 0.29) is 23.9 Å². The summed E-state index contributed by atoms with van der Waals surface area (Å²) >= 11 is 1.55. The number of fused-ring (bicyclic) bond motifs is 2. The van der Waals surface area contributed by atoms with E-state index in [0.29, 0.717) is 13.1 Å². The van der Waals surface area contributed by atoms with Gasteiger partial charge in [-0.1, -0.05) is 6.08 Å². The van der Waals surface area contributed by atoms with E-state index in [1.165, 1.54) is 0 Å². The summed E-state index contributed by atoms with van der Waals surface area (Å²) in [5, 5.41) is 0. The Labute approximate surface area is 141 Å². The van der Waals surface area contributed by atoms with Crippen LogP contribution in [0.2, 0.25) is 0 Å². The Hall–Kier alpha value is -1.66. The molecular formula is C17H23N3O2S. The summed E-state index contributed by atoms with van der Waals surface area (Å²) < 4.78 is 0. The number of rotatable bonds is 4. The van der Waals surface area contributed by atoms with Gasteiger partial charge in [-0.05, 0) is 39.6 Å². The number of amides is 2. The third kappa shape index (κ3) is 3.33. The molecule has 0 spiro atoms. The van der Waals surface area contributed by atoms with Crippen molar-refractivity contribution >= 4 is 23.2 Å². The summed E-state index contributed by atoms with van der Waals surface area (Å²) in [5.41, 5.74) is 0. The number of piperidine rings is 1. The summed E-state index contributed by atoms with van der Waals surface area (Å²) in [6.45, 7) is 4.07. The molecule has 1 aromatic heterocycles. The maximum atomic E-state index is 12.6. The molecule has 2 aliphatic rings. The zero-order chi connectivity index (χ0) is 16.6. The number of likely N-dealkylation sites (tertiary alicyclic amines) is 2. The van der Waals surface area contributed by atoms with Gasteiger partial charge < -0.3 is 14.7 Å². The van der Waals surface area contributed by atoms with Gasteiger partial charge in [0.05, 0.1) is 17.0 Å². The Balaban J connectivity index is 1.58. The lowest BCUT2D eigenvalue weighted by Crippen LogP contribution is -2.70. The fraction of sp³-hybridized carbons (Fsp3) is 0.529. The van der Waals surface area contributed by atoms with Crippen molar-refractivity contribution in [3.8, 4) is 0 Å². The van der Waals surface area contributed by atoms with Crippen LogP contribution >= 0.6 is 11.3 Å². The number of hydrogen-bond acceptors (Lipinski definition) is 4. The van der Waals surface area contributed by atoms with Crippen LogP contribution < -0.4 is 0 Å². The molecule has 2 fully saturated rings. The van der Waals surface area contributed by atoms with Gasteiger partial charge in [0.25, 0.3) is 5.91 Å². The second kappa shape index (κ2) is 6.45. The van der Waals surface area contributed by atoms with E-state index in [1.807, 2.05) is 53.9 Å². The summed E-state index contributed by atoms with van der Waals surface area (Å²) in [5.74, 6) is 0.181. The first-order valence-corrected chi connectivity index (χ1v) is 8.76. The third-order valence-electron chi connectivity index (χ3n) is 4.42. The molecule has 0 N–H and O–H groups in total. The Morgan fingerprint density at radius 1 is 1.30 bits per heavy atom. The van der Waals surface area contributed by atoms with Gasteiger partial charge in [-0.2, -0.15) is 0 Å². The normalized spacial score (nSPS) is 23.5. The standard InChI is InChI=1S/C17H23N3O2S/c1-12-6-7-15(23-12)17(22)20-13-9-14(20)11-19(10-13)16(21)5-4-8-18(2)3/h4-7,13-14H,8-11H2,1-3H3/b5-4+. The predicted octanol–water partition coefficient (Wildman–Crippen LogP) is 1.60. The zero-order valence-electron chi connectivity index (χ0n) is 13.9. The van der Waals surface area contributed by atoms with Crippen LogP contribution in [-0.2, 0) is 4.79 Å². The highest BCUT2D eigenvalue weighted by atomic mass is 32.1. The van der Waals surface area contributed by atoms with Crippen molar-refractivity contribution in [2.24, 2.45) is 0 Å². The van der Waals surface area contributed by atoms with Crippen molar-refractivity contribution in [2.75, 3.05) is 33.7 Å². The molecule has 5 nitrogen and oxygen atoms in total. The van der Waals surface area contributed by atoms with Crippen molar-refractivity contribution in [3.63, 3.8) is 0 Å². The van der Waals surface area contributed by atoms with Crippen LogP contribution in [0, 0.1) is 6.92 Å². The van der Waals surface area contributed by atoms with Crippen LogP contribution in [-0.4, -0.2) is 72.3 Å². The summed E-state index contributed by atoms with van der Waals surface area (Å²) in [6, 6.07) is 4.24. The molecule has 3 heterocycles. The quantitative estimate of drug-likeness (QED) is 0.786. The molecule has 2 saturated heterocycles. The zero-order valence-corrected chi connectivity index (χ0v) is 14.7. The molecule has 0 saturated carbocycles. The minimum absolute atomic E-state index is 0.0561. The molecule has 2 atom stereocenters. The molecule has 0 aliphatic carbocycles. The van der Waals surface area contributed by atoms with E-state index >= 15 is 0 Å². The first kappa shape index (κ1) is 16.2. The lowest BCUT2D eigenvalue weighted by molar-refractivity contribution is -0.135. The fourth-order valence-corrected chi connectivity index (χ4v) is 4.08. The van der Waals surface area contributed by atoms with E-state index in [2.05, 4.69) is 0 Å². The van der Waals surface area contributed by atoms with Crippen LogP contribution in [0.15, 0.2) is 24.3 Å². The highest BCUT2D eigenvalue weighted by molar-refractivity contribution is 7.13. The van der Waals surface area contributed by atoms with Gasteiger partial charge in [0.15, 0.2) is 0 Å². The summed E-state index contributed by atoms with van der Waals surface area (Å²) in [7, 11) is 3.95. The van der Waals surface area contributed by atoms with Crippen LogP contribution in [0.5, 0.6) is 0 Å². The van der Waals surface area contributed by atoms with E-state index < -0.39 is 0 Å². The lowest BCUT2D eigenvalue weighted by Gasteiger charge is -2.56. The molecule has 2 unspecified atom stereocenters. The van der Waals surface area contributed by atoms with Crippen molar-refractivity contribution in [1.82, 2.24) is 14.7 Å². The highest BCUT2D eigenvalue weighted by Gasteiger charge is 2.48. The molecule has 0 aromatic carbocycles. The second-order valence-corrected chi connectivity index (χ2v) is 7.86. The molecule has 2 aliphatic heterocycles. The first-order chi connectivity index (χ1) is 11.0. The molecule has 2 bridgehead atoms. The molecule has 2 amide bonds. The van der Waals surface area contributed by atoms with Gasteiger partial charge in [-0.25, -0.2) is 0 Å². The van der Waals surface area contributed by atoms with Crippen molar-refractivity contribution in [2.45, 2.75) is 25.4 Å². The largest absolute Gasteiger partial charge is 0.335 e. The van der Waals surface area contributed by atoms with Gasteiger partial charge in [0.2, 0.25) is 5.91 Å². The van der Waals surface area contributed by atoms with E-state index in [0.717, 1.165) is 22.7 Å². The van der Waals surface area contributed by atoms with Gasteiger partial charge in [0, 0.05) is 30.6 Å². The SMILES string of the molecule is Cc1ccc(C(=O)N2C3CC2CN(C(=O)/C=C/CN(C)C)C3)s1. The van der Waals surface area contributed by atoms with Gasteiger partial charge in [-0.15, -0.1) is 11.3 Å². The van der Waals surface area contributed by atoms with Crippen LogP contribution in [0.4, 0.5) is 0 Å². The maximum absolute atomic E-state index is 12.6. The van der Waals surface area contributed by atoms with E-state index in [4.69, 9.17) is 0 Å². The molecular weight excluding hydrogens is 310 g/mol.